The second-order valence-electron chi connectivity index (χ2n) is 5.12. The number of hydrogen-bond acceptors (Lipinski definition) is 3. The molecule has 0 aliphatic heterocycles. The number of carbonyl (C=O) groups is 1. The quantitative estimate of drug-likeness (QED) is 0.733. The maximum absolute atomic E-state index is 12.4. The van der Waals surface area contributed by atoms with Crippen LogP contribution in [0.1, 0.15) is 19.2 Å². The van der Waals surface area contributed by atoms with Gasteiger partial charge < -0.3 is 14.2 Å². The van der Waals surface area contributed by atoms with E-state index in [4.69, 9.17) is 4.74 Å². The fraction of sp³-hybridized carbons (Fsp3) is 0.500. The molecule has 2 aromatic rings. The number of aromatic nitrogens is 2. The van der Waals surface area contributed by atoms with Crippen LogP contribution in [0.25, 0.3) is 11.0 Å². The summed E-state index contributed by atoms with van der Waals surface area (Å²) in [4.78, 5) is 18.7. The van der Waals surface area contributed by atoms with E-state index in [-0.39, 0.29) is 5.91 Å². The third-order valence-electron chi connectivity index (χ3n) is 3.61. The molecule has 0 atom stereocenters. The van der Waals surface area contributed by atoms with Gasteiger partial charge in [0.25, 0.3) is 0 Å². The molecule has 2 rings (SSSR count). The van der Waals surface area contributed by atoms with Crippen LogP contribution in [0.3, 0.4) is 0 Å². The van der Waals surface area contributed by atoms with Gasteiger partial charge in [-0.3, -0.25) is 4.79 Å². The Balaban J connectivity index is 2.13. The van der Waals surface area contributed by atoms with Gasteiger partial charge in [0.05, 0.1) is 11.0 Å². The first-order valence-corrected chi connectivity index (χ1v) is 7.34. The second kappa shape index (κ2) is 7.22. The Morgan fingerprint density at radius 3 is 2.86 bits per heavy atom. The molecular formula is C16H23N3O2. The summed E-state index contributed by atoms with van der Waals surface area (Å²) in [6.07, 6.45) is 1.67. The fourth-order valence-electron chi connectivity index (χ4n) is 2.40. The summed E-state index contributed by atoms with van der Waals surface area (Å²) < 4.78 is 7.04. The molecule has 1 aromatic carbocycles. The van der Waals surface area contributed by atoms with Crippen LogP contribution in [0.2, 0.25) is 0 Å². The average Bonchev–Trinajstić information content (AvgIpc) is 2.85. The maximum atomic E-state index is 12.4. The summed E-state index contributed by atoms with van der Waals surface area (Å²) in [6.45, 7) is 3.78. The molecule has 0 saturated heterocycles. The molecule has 0 unspecified atom stereocenters. The molecular weight excluding hydrogens is 266 g/mol. The molecule has 0 spiro atoms. The van der Waals surface area contributed by atoms with E-state index in [1.165, 1.54) is 0 Å². The van der Waals surface area contributed by atoms with Gasteiger partial charge in [-0.25, -0.2) is 4.98 Å². The lowest BCUT2D eigenvalue weighted by atomic mass is 10.3. The van der Waals surface area contributed by atoms with Gasteiger partial charge in [-0.05, 0) is 18.6 Å². The number of fused-ring (bicyclic) bond motifs is 1. The van der Waals surface area contributed by atoms with Crippen molar-refractivity contribution >= 4 is 16.9 Å². The number of hydrogen-bond donors (Lipinski definition) is 0. The van der Waals surface area contributed by atoms with Gasteiger partial charge in [-0.1, -0.05) is 19.1 Å². The Hall–Kier alpha value is -1.88. The predicted octanol–water partition coefficient (Wildman–Crippen LogP) is 2.09. The van der Waals surface area contributed by atoms with Gasteiger partial charge in [-0.15, -0.1) is 0 Å². The molecule has 114 valence electrons. The third-order valence-corrected chi connectivity index (χ3v) is 3.61. The topological polar surface area (TPSA) is 47.4 Å². The predicted molar refractivity (Wildman–Crippen MR) is 83.2 cm³/mol. The molecule has 1 amide bonds. The number of aryl methyl sites for hydroxylation is 1. The van der Waals surface area contributed by atoms with E-state index in [2.05, 4.69) is 11.9 Å². The molecule has 1 aromatic heterocycles. The SMILES string of the molecule is CCc1nc2ccccc2n1CC(=O)N(C)CCCOC. The highest BCUT2D eigenvalue weighted by Gasteiger charge is 2.14. The number of amides is 1. The molecule has 0 aliphatic carbocycles. The highest BCUT2D eigenvalue weighted by atomic mass is 16.5. The number of rotatable bonds is 7. The van der Waals surface area contributed by atoms with Gasteiger partial charge in [0.15, 0.2) is 0 Å². The molecule has 0 N–H and O–H groups in total. The molecule has 5 nitrogen and oxygen atoms in total. The lowest BCUT2D eigenvalue weighted by molar-refractivity contribution is -0.130. The van der Waals surface area contributed by atoms with Crippen molar-refractivity contribution in [2.24, 2.45) is 0 Å². The van der Waals surface area contributed by atoms with E-state index in [0.717, 1.165) is 29.7 Å². The Morgan fingerprint density at radius 2 is 2.14 bits per heavy atom. The zero-order valence-corrected chi connectivity index (χ0v) is 13.0. The van der Waals surface area contributed by atoms with Crippen molar-refractivity contribution in [3.05, 3.63) is 30.1 Å². The van der Waals surface area contributed by atoms with Crippen LogP contribution < -0.4 is 0 Å². The number of carbonyl (C=O) groups excluding carboxylic acids is 1. The third kappa shape index (κ3) is 3.61. The Bertz CT molecular complexity index is 607. The summed E-state index contributed by atoms with van der Waals surface area (Å²) in [6, 6.07) is 7.95. The summed E-state index contributed by atoms with van der Waals surface area (Å²) in [7, 11) is 3.51. The van der Waals surface area contributed by atoms with Crippen LogP contribution in [0.4, 0.5) is 0 Å². The van der Waals surface area contributed by atoms with Crippen LogP contribution in [-0.4, -0.2) is 47.7 Å². The number of methoxy groups -OCH3 is 1. The van der Waals surface area contributed by atoms with Crippen molar-refractivity contribution in [1.29, 1.82) is 0 Å². The van der Waals surface area contributed by atoms with Crippen molar-refractivity contribution in [2.45, 2.75) is 26.3 Å². The van der Waals surface area contributed by atoms with Gasteiger partial charge in [0.2, 0.25) is 5.91 Å². The van der Waals surface area contributed by atoms with Gasteiger partial charge >= 0.3 is 0 Å². The monoisotopic (exact) mass is 289 g/mol. The zero-order chi connectivity index (χ0) is 15.2. The van der Waals surface area contributed by atoms with Gasteiger partial charge in [0, 0.05) is 33.7 Å². The van der Waals surface area contributed by atoms with Crippen LogP contribution in [-0.2, 0) is 22.5 Å². The van der Waals surface area contributed by atoms with Crippen LogP contribution >= 0.6 is 0 Å². The first-order chi connectivity index (χ1) is 10.2. The molecule has 0 radical (unpaired) electrons. The average molecular weight is 289 g/mol. The van der Waals surface area contributed by atoms with Crippen LogP contribution in [0.5, 0.6) is 0 Å². The molecule has 0 fully saturated rings. The molecule has 1 heterocycles. The van der Waals surface area contributed by atoms with Gasteiger partial charge in [-0.2, -0.15) is 0 Å². The second-order valence-corrected chi connectivity index (χ2v) is 5.12. The number of benzene rings is 1. The molecule has 0 aliphatic rings. The van der Waals surface area contributed by atoms with Crippen LogP contribution in [0.15, 0.2) is 24.3 Å². The molecule has 0 saturated carbocycles. The lowest BCUT2D eigenvalue weighted by Crippen LogP contribution is -2.32. The van der Waals surface area contributed by atoms with Crippen molar-refractivity contribution < 1.29 is 9.53 Å². The first kappa shape index (κ1) is 15.5. The van der Waals surface area contributed by atoms with E-state index in [0.29, 0.717) is 19.7 Å². The summed E-state index contributed by atoms with van der Waals surface area (Å²) in [5.74, 6) is 1.05. The highest BCUT2D eigenvalue weighted by Crippen LogP contribution is 2.16. The maximum Gasteiger partial charge on any atom is 0.242 e. The Kier molecular flexibility index (Phi) is 5.33. The summed E-state index contributed by atoms with van der Waals surface area (Å²) in [5, 5.41) is 0. The number of ether oxygens (including phenoxy) is 1. The molecule has 0 bridgehead atoms. The Labute approximate surface area is 125 Å². The smallest absolute Gasteiger partial charge is 0.242 e. The first-order valence-electron chi connectivity index (χ1n) is 7.34. The lowest BCUT2D eigenvalue weighted by Gasteiger charge is -2.18. The fourth-order valence-corrected chi connectivity index (χ4v) is 2.40. The van der Waals surface area contributed by atoms with E-state index in [1.54, 1.807) is 12.0 Å². The molecule has 21 heavy (non-hydrogen) atoms. The Morgan fingerprint density at radius 1 is 1.38 bits per heavy atom. The minimum atomic E-state index is 0.101. The van der Waals surface area contributed by atoms with Crippen LogP contribution in [0, 0.1) is 0 Å². The van der Waals surface area contributed by atoms with E-state index >= 15 is 0 Å². The van der Waals surface area contributed by atoms with Gasteiger partial charge in [0.1, 0.15) is 12.4 Å². The van der Waals surface area contributed by atoms with Crippen molar-refractivity contribution in [1.82, 2.24) is 14.5 Å². The number of para-hydroxylation sites is 2. The summed E-state index contributed by atoms with van der Waals surface area (Å²) >= 11 is 0. The summed E-state index contributed by atoms with van der Waals surface area (Å²) in [5.41, 5.74) is 1.97. The number of imidazole rings is 1. The standard InChI is InChI=1S/C16H23N3O2/c1-4-15-17-13-8-5-6-9-14(13)19(15)12-16(20)18(2)10-7-11-21-3/h5-6,8-9H,4,7,10-12H2,1-3H3. The largest absolute Gasteiger partial charge is 0.385 e. The number of nitrogens with zero attached hydrogens (tertiary/aromatic N) is 3. The zero-order valence-electron chi connectivity index (χ0n) is 13.0. The van der Waals surface area contributed by atoms with E-state index < -0.39 is 0 Å². The highest BCUT2D eigenvalue weighted by molar-refractivity contribution is 5.81. The van der Waals surface area contributed by atoms with E-state index in [9.17, 15) is 4.79 Å². The normalized spacial score (nSPS) is 11.0. The van der Waals surface area contributed by atoms with E-state index in [1.807, 2.05) is 35.9 Å². The van der Waals surface area contributed by atoms with Crippen molar-refractivity contribution in [3.63, 3.8) is 0 Å². The minimum Gasteiger partial charge on any atom is -0.385 e. The number of likely N-dealkylation sites (N-methyl/N-ethyl adjacent to an activating group) is 1. The van der Waals surface area contributed by atoms with Crippen molar-refractivity contribution in [3.8, 4) is 0 Å². The molecule has 5 heteroatoms. The van der Waals surface area contributed by atoms with Crippen molar-refractivity contribution in [2.75, 3.05) is 27.3 Å². The minimum absolute atomic E-state index is 0.101.